The highest BCUT2D eigenvalue weighted by molar-refractivity contribution is 5.32. The summed E-state index contributed by atoms with van der Waals surface area (Å²) in [7, 11) is 0. The Morgan fingerprint density at radius 2 is 1.76 bits per heavy atom. The average molecular weight is 299 g/mol. The lowest BCUT2D eigenvalue weighted by Gasteiger charge is -2.30. The standard InChI is InChI=1S/C15H20F3N3/c16-15(17,18)11-5-7-12(8-6-11)20-14-19-9-10-3-1-2-4-13(10)21-14/h9,11-12H,1-8H2,(H,19,20,21). The van der Waals surface area contributed by atoms with Crippen molar-refractivity contribution in [2.24, 2.45) is 5.92 Å². The van der Waals surface area contributed by atoms with Crippen LogP contribution >= 0.6 is 0 Å². The van der Waals surface area contributed by atoms with Crippen molar-refractivity contribution in [1.82, 2.24) is 9.97 Å². The van der Waals surface area contributed by atoms with Gasteiger partial charge in [-0.05, 0) is 56.9 Å². The Morgan fingerprint density at radius 1 is 1.05 bits per heavy atom. The zero-order valence-corrected chi connectivity index (χ0v) is 11.9. The van der Waals surface area contributed by atoms with E-state index in [0.717, 1.165) is 25.0 Å². The van der Waals surface area contributed by atoms with E-state index < -0.39 is 12.1 Å². The molecule has 1 saturated carbocycles. The molecule has 0 bridgehead atoms. The van der Waals surface area contributed by atoms with E-state index >= 15 is 0 Å². The van der Waals surface area contributed by atoms with Crippen LogP contribution in [0.25, 0.3) is 0 Å². The van der Waals surface area contributed by atoms with Crippen molar-refractivity contribution < 1.29 is 13.2 Å². The summed E-state index contributed by atoms with van der Waals surface area (Å²) < 4.78 is 37.9. The van der Waals surface area contributed by atoms with Crippen LogP contribution in [0.15, 0.2) is 6.20 Å². The predicted molar refractivity (Wildman–Crippen MR) is 74.1 cm³/mol. The molecule has 1 heterocycles. The summed E-state index contributed by atoms with van der Waals surface area (Å²) >= 11 is 0. The number of fused-ring (bicyclic) bond motifs is 1. The zero-order valence-electron chi connectivity index (χ0n) is 11.9. The first-order valence-electron chi connectivity index (χ1n) is 7.70. The lowest BCUT2D eigenvalue weighted by Crippen LogP contribution is -2.33. The Hall–Kier alpha value is -1.33. The lowest BCUT2D eigenvalue weighted by atomic mass is 9.85. The molecule has 1 fully saturated rings. The summed E-state index contributed by atoms with van der Waals surface area (Å²) in [5.41, 5.74) is 2.32. The monoisotopic (exact) mass is 299 g/mol. The molecular formula is C15H20F3N3. The Morgan fingerprint density at radius 3 is 2.48 bits per heavy atom. The summed E-state index contributed by atoms with van der Waals surface area (Å²) in [6.07, 6.45) is 3.64. The van der Waals surface area contributed by atoms with Crippen LogP contribution in [0.4, 0.5) is 19.1 Å². The van der Waals surface area contributed by atoms with Crippen molar-refractivity contribution >= 4 is 5.95 Å². The van der Waals surface area contributed by atoms with Crippen LogP contribution in [0.3, 0.4) is 0 Å². The molecule has 0 aliphatic heterocycles. The van der Waals surface area contributed by atoms with E-state index in [1.54, 1.807) is 0 Å². The first kappa shape index (κ1) is 14.6. The molecule has 1 aromatic rings. The summed E-state index contributed by atoms with van der Waals surface area (Å²) in [4.78, 5) is 8.84. The Labute approximate surface area is 122 Å². The third-order valence-corrected chi connectivity index (χ3v) is 4.59. The molecule has 0 aromatic carbocycles. The number of aromatic nitrogens is 2. The summed E-state index contributed by atoms with van der Waals surface area (Å²) in [5, 5.41) is 3.21. The van der Waals surface area contributed by atoms with Crippen LogP contribution in [0.1, 0.15) is 49.8 Å². The third kappa shape index (κ3) is 3.47. The van der Waals surface area contributed by atoms with E-state index in [2.05, 4.69) is 15.3 Å². The van der Waals surface area contributed by atoms with Crippen molar-refractivity contribution in [3.63, 3.8) is 0 Å². The van der Waals surface area contributed by atoms with Crippen molar-refractivity contribution in [3.8, 4) is 0 Å². The van der Waals surface area contributed by atoms with Crippen molar-refractivity contribution in [2.45, 2.75) is 63.6 Å². The molecule has 0 radical (unpaired) electrons. The number of nitrogens with one attached hydrogen (secondary N) is 1. The van der Waals surface area contributed by atoms with Gasteiger partial charge in [0.05, 0.1) is 5.92 Å². The molecule has 1 aromatic heterocycles. The minimum atomic E-state index is -4.05. The van der Waals surface area contributed by atoms with Gasteiger partial charge < -0.3 is 5.32 Å². The highest BCUT2D eigenvalue weighted by atomic mass is 19.4. The second kappa shape index (κ2) is 5.81. The topological polar surface area (TPSA) is 37.8 Å². The maximum Gasteiger partial charge on any atom is 0.391 e. The SMILES string of the molecule is FC(F)(F)C1CCC(Nc2ncc3c(n2)CCCC3)CC1. The first-order chi connectivity index (χ1) is 10.0. The number of halogens is 3. The van der Waals surface area contributed by atoms with Crippen molar-refractivity contribution in [3.05, 3.63) is 17.5 Å². The van der Waals surface area contributed by atoms with E-state index in [1.165, 1.54) is 12.0 Å². The van der Waals surface area contributed by atoms with Crippen molar-refractivity contribution in [2.75, 3.05) is 5.32 Å². The molecule has 0 unspecified atom stereocenters. The molecule has 2 aliphatic carbocycles. The molecule has 6 heteroatoms. The fourth-order valence-corrected chi connectivity index (χ4v) is 3.29. The van der Waals surface area contributed by atoms with Gasteiger partial charge in [-0.15, -0.1) is 0 Å². The first-order valence-corrected chi connectivity index (χ1v) is 7.70. The summed E-state index contributed by atoms with van der Waals surface area (Å²) in [6, 6.07) is 0.0604. The molecule has 21 heavy (non-hydrogen) atoms. The number of hydrogen-bond donors (Lipinski definition) is 1. The maximum absolute atomic E-state index is 12.6. The largest absolute Gasteiger partial charge is 0.391 e. The van der Waals surface area contributed by atoms with Crippen molar-refractivity contribution in [1.29, 1.82) is 0 Å². The second-order valence-corrected chi connectivity index (χ2v) is 6.11. The third-order valence-electron chi connectivity index (χ3n) is 4.59. The van der Waals surface area contributed by atoms with Crippen LogP contribution in [0.2, 0.25) is 0 Å². The normalized spacial score (nSPS) is 26.2. The molecule has 116 valence electrons. The lowest BCUT2D eigenvalue weighted by molar-refractivity contribution is -0.182. The maximum atomic E-state index is 12.6. The number of rotatable bonds is 2. The number of aryl methyl sites for hydroxylation is 2. The molecule has 2 aliphatic rings. The van der Waals surface area contributed by atoms with Gasteiger partial charge in [0.15, 0.2) is 0 Å². The van der Waals surface area contributed by atoms with E-state index in [0.29, 0.717) is 18.8 Å². The summed E-state index contributed by atoms with van der Waals surface area (Å²) in [5.74, 6) is -0.564. The highest BCUT2D eigenvalue weighted by Gasteiger charge is 2.41. The number of hydrogen-bond acceptors (Lipinski definition) is 3. The van der Waals surface area contributed by atoms with Gasteiger partial charge in [-0.25, -0.2) is 9.97 Å². The second-order valence-electron chi connectivity index (χ2n) is 6.11. The van der Waals surface area contributed by atoms with E-state index in [4.69, 9.17) is 0 Å². The van der Waals surface area contributed by atoms with Crippen LogP contribution in [-0.2, 0) is 12.8 Å². The zero-order chi connectivity index (χ0) is 14.9. The quantitative estimate of drug-likeness (QED) is 0.900. The minimum absolute atomic E-state index is 0.0604. The smallest absolute Gasteiger partial charge is 0.351 e. The molecule has 0 saturated heterocycles. The molecular weight excluding hydrogens is 279 g/mol. The van der Waals surface area contributed by atoms with Gasteiger partial charge in [-0.2, -0.15) is 13.2 Å². The van der Waals surface area contributed by atoms with Gasteiger partial charge in [0, 0.05) is 17.9 Å². The summed E-state index contributed by atoms with van der Waals surface area (Å²) in [6.45, 7) is 0. The van der Waals surface area contributed by atoms with Crippen LogP contribution in [-0.4, -0.2) is 22.2 Å². The van der Waals surface area contributed by atoms with Gasteiger partial charge in [-0.3, -0.25) is 0 Å². The van der Waals surface area contributed by atoms with Gasteiger partial charge in [0.2, 0.25) is 5.95 Å². The fourth-order valence-electron chi connectivity index (χ4n) is 3.29. The molecule has 3 rings (SSSR count). The average Bonchev–Trinajstić information content (AvgIpc) is 2.47. The fraction of sp³-hybridized carbons (Fsp3) is 0.733. The van der Waals surface area contributed by atoms with Crippen LogP contribution < -0.4 is 5.32 Å². The number of anilines is 1. The predicted octanol–water partition coefficient (Wildman–Crippen LogP) is 3.89. The van der Waals surface area contributed by atoms with E-state index in [9.17, 15) is 13.2 Å². The van der Waals surface area contributed by atoms with Gasteiger partial charge in [0.25, 0.3) is 0 Å². The van der Waals surface area contributed by atoms with Gasteiger partial charge >= 0.3 is 6.18 Å². The Kier molecular flexibility index (Phi) is 4.04. The Bertz CT molecular complexity index is 493. The Balaban J connectivity index is 1.58. The van der Waals surface area contributed by atoms with Gasteiger partial charge in [-0.1, -0.05) is 0 Å². The molecule has 0 spiro atoms. The molecule has 0 atom stereocenters. The van der Waals surface area contributed by atoms with Crippen LogP contribution in [0.5, 0.6) is 0 Å². The molecule has 3 nitrogen and oxygen atoms in total. The van der Waals surface area contributed by atoms with E-state index in [-0.39, 0.29) is 18.9 Å². The highest BCUT2D eigenvalue weighted by Crippen LogP contribution is 2.38. The van der Waals surface area contributed by atoms with E-state index in [1.807, 2.05) is 6.20 Å². The number of nitrogens with zero attached hydrogens (tertiary/aromatic N) is 2. The van der Waals surface area contributed by atoms with Crippen LogP contribution in [0, 0.1) is 5.92 Å². The van der Waals surface area contributed by atoms with Gasteiger partial charge in [0.1, 0.15) is 0 Å². The number of alkyl halides is 3. The molecule has 0 amide bonds. The minimum Gasteiger partial charge on any atom is -0.351 e. The molecule has 1 N–H and O–H groups in total.